The predicted molar refractivity (Wildman–Crippen MR) is 102 cm³/mol. The molecule has 0 unspecified atom stereocenters. The Kier molecular flexibility index (Phi) is 6.81. The molecular formula is C19H24N2O5S. The van der Waals surface area contributed by atoms with Gasteiger partial charge in [0.2, 0.25) is 15.9 Å². The second-order valence-corrected chi connectivity index (χ2v) is 8.21. The standard InChI is InChI=1S/C19H24N2O5S/c1-21(2)27(23,24)17-9-5-14(6-10-17)13-20-19(22)11-15-7-8-16(25-3)12-18(15)26-4/h5-10,12H,11,13H2,1-4H3,(H,20,22). The molecule has 0 saturated carbocycles. The first-order valence-corrected chi connectivity index (χ1v) is 9.71. The van der Waals surface area contributed by atoms with E-state index in [0.29, 0.717) is 18.0 Å². The molecule has 0 atom stereocenters. The van der Waals surface area contributed by atoms with Crippen molar-refractivity contribution in [3.8, 4) is 11.5 Å². The molecule has 146 valence electrons. The maximum atomic E-state index is 12.2. The molecule has 27 heavy (non-hydrogen) atoms. The van der Waals surface area contributed by atoms with Crippen LogP contribution in [0.5, 0.6) is 11.5 Å². The van der Waals surface area contributed by atoms with Crippen molar-refractivity contribution in [1.29, 1.82) is 0 Å². The molecule has 0 saturated heterocycles. The number of carbonyl (C=O) groups is 1. The van der Waals surface area contributed by atoms with Gasteiger partial charge in [-0.05, 0) is 23.8 Å². The zero-order valence-corrected chi connectivity index (χ0v) is 16.7. The van der Waals surface area contributed by atoms with Gasteiger partial charge in [-0.25, -0.2) is 12.7 Å². The fraction of sp³-hybridized carbons (Fsp3) is 0.316. The molecule has 0 fully saturated rings. The van der Waals surface area contributed by atoms with Crippen LogP contribution in [-0.2, 0) is 27.8 Å². The van der Waals surface area contributed by atoms with Crippen LogP contribution in [0.2, 0.25) is 0 Å². The van der Waals surface area contributed by atoms with Gasteiger partial charge in [0.05, 0.1) is 25.5 Å². The minimum absolute atomic E-state index is 0.163. The summed E-state index contributed by atoms with van der Waals surface area (Å²) in [6, 6.07) is 11.7. The molecule has 0 radical (unpaired) electrons. The molecule has 2 aromatic rings. The van der Waals surface area contributed by atoms with Crippen molar-refractivity contribution in [2.75, 3.05) is 28.3 Å². The Bertz CT molecular complexity index is 893. The van der Waals surface area contributed by atoms with E-state index in [1.807, 2.05) is 0 Å². The van der Waals surface area contributed by atoms with Crippen LogP contribution < -0.4 is 14.8 Å². The van der Waals surface area contributed by atoms with Gasteiger partial charge in [0.15, 0.2) is 0 Å². The second-order valence-electron chi connectivity index (χ2n) is 6.06. The highest BCUT2D eigenvalue weighted by atomic mass is 32.2. The number of hydrogen-bond donors (Lipinski definition) is 1. The third-order valence-corrected chi connectivity index (χ3v) is 5.87. The van der Waals surface area contributed by atoms with Gasteiger partial charge in [-0.1, -0.05) is 18.2 Å². The van der Waals surface area contributed by atoms with E-state index in [0.717, 1.165) is 15.4 Å². The zero-order chi connectivity index (χ0) is 20.0. The van der Waals surface area contributed by atoms with Crippen molar-refractivity contribution in [2.45, 2.75) is 17.9 Å². The highest BCUT2D eigenvalue weighted by Gasteiger charge is 2.16. The van der Waals surface area contributed by atoms with Crippen molar-refractivity contribution in [3.63, 3.8) is 0 Å². The number of benzene rings is 2. The van der Waals surface area contributed by atoms with Crippen LogP contribution in [-0.4, -0.2) is 46.9 Å². The van der Waals surface area contributed by atoms with Crippen LogP contribution >= 0.6 is 0 Å². The molecule has 0 aromatic heterocycles. The van der Waals surface area contributed by atoms with Crippen LogP contribution in [0.25, 0.3) is 0 Å². The lowest BCUT2D eigenvalue weighted by Gasteiger charge is -2.12. The third-order valence-electron chi connectivity index (χ3n) is 4.04. The first-order valence-electron chi connectivity index (χ1n) is 8.27. The smallest absolute Gasteiger partial charge is 0.242 e. The SMILES string of the molecule is COc1ccc(CC(=O)NCc2ccc(S(=O)(=O)N(C)C)cc2)c(OC)c1. The zero-order valence-electron chi connectivity index (χ0n) is 15.9. The summed E-state index contributed by atoms with van der Waals surface area (Å²) in [5.74, 6) is 1.08. The molecule has 7 nitrogen and oxygen atoms in total. The minimum Gasteiger partial charge on any atom is -0.497 e. The van der Waals surface area contributed by atoms with E-state index in [1.54, 1.807) is 44.6 Å². The van der Waals surface area contributed by atoms with Gasteiger partial charge in [0.25, 0.3) is 0 Å². The molecule has 8 heteroatoms. The first kappa shape index (κ1) is 20.7. The number of hydrogen-bond acceptors (Lipinski definition) is 5. The third kappa shape index (κ3) is 5.21. The average molecular weight is 392 g/mol. The average Bonchev–Trinajstić information content (AvgIpc) is 2.66. The first-order chi connectivity index (χ1) is 12.8. The van der Waals surface area contributed by atoms with Crippen molar-refractivity contribution in [2.24, 2.45) is 0 Å². The van der Waals surface area contributed by atoms with Gasteiger partial charge in [-0.15, -0.1) is 0 Å². The lowest BCUT2D eigenvalue weighted by molar-refractivity contribution is -0.120. The number of ether oxygens (including phenoxy) is 2. The molecule has 0 heterocycles. The number of rotatable bonds is 8. The summed E-state index contributed by atoms with van der Waals surface area (Å²) in [4.78, 5) is 12.4. The molecule has 1 amide bonds. The van der Waals surface area contributed by atoms with Crippen molar-refractivity contribution < 1.29 is 22.7 Å². The predicted octanol–water partition coefficient (Wildman–Crippen LogP) is 1.81. The Morgan fingerprint density at radius 2 is 1.70 bits per heavy atom. The molecule has 0 spiro atoms. The van der Waals surface area contributed by atoms with Gasteiger partial charge in [-0.2, -0.15) is 0 Å². The molecule has 0 aliphatic carbocycles. The molecule has 2 rings (SSSR count). The minimum atomic E-state index is -3.46. The Hall–Kier alpha value is -2.58. The number of methoxy groups -OCH3 is 2. The summed E-state index contributed by atoms with van der Waals surface area (Å²) in [6.45, 7) is 0.305. The topological polar surface area (TPSA) is 84.9 Å². The van der Waals surface area contributed by atoms with E-state index in [1.165, 1.54) is 26.2 Å². The van der Waals surface area contributed by atoms with E-state index in [-0.39, 0.29) is 17.2 Å². The van der Waals surface area contributed by atoms with Crippen LogP contribution in [0.3, 0.4) is 0 Å². The van der Waals surface area contributed by atoms with E-state index in [2.05, 4.69) is 5.32 Å². The maximum absolute atomic E-state index is 12.2. The molecule has 0 aliphatic heterocycles. The number of nitrogens with zero attached hydrogens (tertiary/aromatic N) is 1. The summed E-state index contributed by atoms with van der Waals surface area (Å²) in [5.41, 5.74) is 1.56. The lowest BCUT2D eigenvalue weighted by Crippen LogP contribution is -2.25. The number of sulfonamides is 1. The summed E-state index contributed by atoms with van der Waals surface area (Å²) in [7, 11) is 2.62. The highest BCUT2D eigenvalue weighted by Crippen LogP contribution is 2.25. The lowest BCUT2D eigenvalue weighted by atomic mass is 10.1. The van der Waals surface area contributed by atoms with Gasteiger partial charge >= 0.3 is 0 Å². The number of carbonyl (C=O) groups excluding carboxylic acids is 1. The molecule has 0 bridgehead atoms. The fourth-order valence-corrected chi connectivity index (χ4v) is 3.33. The summed E-state index contributed by atoms with van der Waals surface area (Å²) >= 11 is 0. The van der Waals surface area contributed by atoms with Crippen molar-refractivity contribution >= 4 is 15.9 Å². The Morgan fingerprint density at radius 1 is 1.04 bits per heavy atom. The molecule has 1 N–H and O–H groups in total. The second kappa shape index (κ2) is 8.88. The van der Waals surface area contributed by atoms with Crippen LogP contribution in [0.15, 0.2) is 47.4 Å². The van der Waals surface area contributed by atoms with Crippen LogP contribution in [0.4, 0.5) is 0 Å². The Morgan fingerprint density at radius 3 is 2.26 bits per heavy atom. The fourth-order valence-electron chi connectivity index (χ4n) is 2.42. The quantitative estimate of drug-likeness (QED) is 0.741. The monoisotopic (exact) mass is 392 g/mol. The number of amides is 1. The van der Waals surface area contributed by atoms with Gasteiger partial charge < -0.3 is 14.8 Å². The highest BCUT2D eigenvalue weighted by molar-refractivity contribution is 7.89. The summed E-state index contributed by atoms with van der Waals surface area (Å²) in [6.07, 6.45) is 0.167. The van der Waals surface area contributed by atoms with E-state index in [4.69, 9.17) is 9.47 Å². The summed E-state index contributed by atoms with van der Waals surface area (Å²) < 4.78 is 35.7. The molecule has 0 aliphatic rings. The van der Waals surface area contributed by atoms with Crippen LogP contribution in [0.1, 0.15) is 11.1 Å². The van der Waals surface area contributed by atoms with Gasteiger partial charge in [0.1, 0.15) is 11.5 Å². The van der Waals surface area contributed by atoms with Gasteiger partial charge in [-0.3, -0.25) is 4.79 Å². The van der Waals surface area contributed by atoms with Crippen molar-refractivity contribution in [1.82, 2.24) is 9.62 Å². The van der Waals surface area contributed by atoms with Gasteiger partial charge in [0, 0.05) is 32.3 Å². The van der Waals surface area contributed by atoms with E-state index < -0.39 is 10.0 Å². The molecular weight excluding hydrogens is 368 g/mol. The summed E-state index contributed by atoms with van der Waals surface area (Å²) in [5, 5.41) is 2.82. The maximum Gasteiger partial charge on any atom is 0.242 e. The van der Waals surface area contributed by atoms with E-state index >= 15 is 0 Å². The van der Waals surface area contributed by atoms with Crippen LogP contribution in [0, 0.1) is 0 Å². The van der Waals surface area contributed by atoms with E-state index in [9.17, 15) is 13.2 Å². The Labute approximate surface area is 160 Å². The number of nitrogens with one attached hydrogen (secondary N) is 1. The largest absolute Gasteiger partial charge is 0.497 e. The normalized spacial score (nSPS) is 11.3. The Balaban J connectivity index is 1.98. The van der Waals surface area contributed by atoms with Crippen molar-refractivity contribution in [3.05, 3.63) is 53.6 Å². The molecule has 2 aromatic carbocycles.